The van der Waals surface area contributed by atoms with Crippen molar-refractivity contribution in [3.8, 4) is 0 Å². The monoisotopic (exact) mass is 354 g/mol. The van der Waals surface area contributed by atoms with E-state index >= 15 is 0 Å². The average Bonchev–Trinajstić information content (AvgIpc) is 3.25. The van der Waals surface area contributed by atoms with Crippen molar-refractivity contribution >= 4 is 22.8 Å². The number of amides is 2. The summed E-state index contributed by atoms with van der Waals surface area (Å²) < 4.78 is 5.62. The van der Waals surface area contributed by atoms with Gasteiger partial charge in [-0.2, -0.15) is 0 Å². The lowest BCUT2D eigenvalue weighted by Crippen LogP contribution is -2.48. The van der Waals surface area contributed by atoms with E-state index in [9.17, 15) is 9.59 Å². The second-order valence-corrected chi connectivity index (χ2v) is 7.80. The quantitative estimate of drug-likeness (QED) is 0.851. The number of rotatable bonds is 3. The van der Waals surface area contributed by atoms with Crippen LogP contribution in [0.5, 0.6) is 0 Å². The molecule has 0 radical (unpaired) electrons. The van der Waals surface area contributed by atoms with Crippen molar-refractivity contribution in [2.75, 3.05) is 26.7 Å². The number of fused-ring (bicyclic) bond motifs is 1. The van der Waals surface area contributed by atoms with Crippen LogP contribution >= 0.6 is 0 Å². The van der Waals surface area contributed by atoms with Gasteiger partial charge in [-0.25, -0.2) is 0 Å². The molecule has 2 fully saturated rings. The molecule has 1 aromatic heterocycles. The van der Waals surface area contributed by atoms with Crippen LogP contribution in [-0.4, -0.2) is 48.3 Å². The Morgan fingerprint density at radius 3 is 2.92 bits per heavy atom. The Kier molecular flexibility index (Phi) is 4.25. The van der Waals surface area contributed by atoms with Crippen LogP contribution in [0.3, 0.4) is 0 Å². The van der Waals surface area contributed by atoms with Crippen LogP contribution in [0.4, 0.5) is 0 Å². The summed E-state index contributed by atoms with van der Waals surface area (Å²) in [5, 5.41) is 1.03. The summed E-state index contributed by atoms with van der Waals surface area (Å²) >= 11 is 0. The summed E-state index contributed by atoms with van der Waals surface area (Å²) in [5.41, 5.74) is 2.65. The minimum Gasteiger partial charge on any atom is -0.464 e. The second-order valence-electron chi connectivity index (χ2n) is 7.80. The van der Waals surface area contributed by atoms with Gasteiger partial charge < -0.3 is 14.2 Å². The van der Waals surface area contributed by atoms with Crippen LogP contribution in [0.2, 0.25) is 0 Å². The predicted octanol–water partition coefficient (Wildman–Crippen LogP) is 3.01. The Bertz CT molecular complexity index is 856. The Morgan fingerprint density at radius 2 is 2.12 bits per heavy atom. The zero-order chi connectivity index (χ0) is 18.3. The van der Waals surface area contributed by atoms with E-state index in [2.05, 4.69) is 19.1 Å². The molecule has 2 aliphatic rings. The minimum absolute atomic E-state index is 0.0903. The van der Waals surface area contributed by atoms with Gasteiger partial charge in [0.25, 0.3) is 0 Å². The van der Waals surface area contributed by atoms with Crippen LogP contribution in [0.1, 0.15) is 37.3 Å². The molecular weight excluding hydrogens is 328 g/mol. The molecule has 5 heteroatoms. The Balaban J connectivity index is 1.50. The van der Waals surface area contributed by atoms with Gasteiger partial charge in [0.05, 0.1) is 18.1 Å². The van der Waals surface area contributed by atoms with E-state index in [-0.39, 0.29) is 17.2 Å². The molecule has 2 saturated heterocycles. The highest BCUT2D eigenvalue weighted by atomic mass is 16.3. The SMILES string of the molecule is CCc1ccc2occ(CC(=O)N3CCC4(CCCN(C)C4=O)C3)c2c1. The highest BCUT2D eigenvalue weighted by molar-refractivity contribution is 5.89. The van der Waals surface area contributed by atoms with Crippen LogP contribution in [0.15, 0.2) is 28.9 Å². The lowest BCUT2D eigenvalue weighted by atomic mass is 9.78. The van der Waals surface area contributed by atoms with Crippen molar-refractivity contribution in [1.29, 1.82) is 0 Å². The van der Waals surface area contributed by atoms with E-state index in [1.165, 1.54) is 5.56 Å². The zero-order valence-corrected chi connectivity index (χ0v) is 15.6. The molecule has 3 heterocycles. The van der Waals surface area contributed by atoms with Gasteiger partial charge >= 0.3 is 0 Å². The van der Waals surface area contributed by atoms with E-state index < -0.39 is 0 Å². The molecule has 0 aliphatic carbocycles. The first kappa shape index (κ1) is 17.1. The third-order valence-electron chi connectivity index (χ3n) is 6.12. The number of hydrogen-bond acceptors (Lipinski definition) is 3. The molecule has 4 rings (SSSR count). The highest BCUT2D eigenvalue weighted by Crippen LogP contribution is 2.40. The summed E-state index contributed by atoms with van der Waals surface area (Å²) in [6.07, 6.45) is 5.70. The number of benzene rings is 1. The van der Waals surface area contributed by atoms with Gasteiger partial charge in [-0.1, -0.05) is 13.0 Å². The summed E-state index contributed by atoms with van der Waals surface area (Å²) in [7, 11) is 1.87. The fourth-order valence-electron chi connectivity index (χ4n) is 4.49. The van der Waals surface area contributed by atoms with Crippen LogP contribution in [0, 0.1) is 5.41 Å². The molecule has 1 aromatic carbocycles. The van der Waals surface area contributed by atoms with Gasteiger partial charge in [-0.15, -0.1) is 0 Å². The normalized spacial score (nSPS) is 23.4. The molecule has 138 valence electrons. The van der Waals surface area contributed by atoms with Gasteiger partial charge in [0, 0.05) is 37.6 Å². The maximum absolute atomic E-state index is 12.9. The van der Waals surface area contributed by atoms with Crippen molar-refractivity contribution in [3.05, 3.63) is 35.6 Å². The van der Waals surface area contributed by atoms with Gasteiger partial charge in [0.15, 0.2) is 0 Å². The first-order valence-electron chi connectivity index (χ1n) is 9.55. The molecular formula is C21H26N2O3. The molecule has 2 amide bonds. The smallest absolute Gasteiger partial charge is 0.230 e. The molecule has 1 spiro atoms. The minimum atomic E-state index is -0.351. The van der Waals surface area contributed by atoms with Crippen LogP contribution < -0.4 is 0 Å². The number of likely N-dealkylation sites (tertiary alicyclic amines) is 2. The number of furan rings is 1. The van der Waals surface area contributed by atoms with E-state index in [0.717, 1.165) is 48.8 Å². The van der Waals surface area contributed by atoms with E-state index in [1.807, 2.05) is 22.9 Å². The number of piperidine rings is 1. The standard InChI is InChI=1S/C21H26N2O3/c1-3-15-5-6-18-17(11-15)16(13-26-18)12-19(24)23-10-8-21(14-23)7-4-9-22(2)20(21)25/h5-6,11,13H,3-4,7-10,12,14H2,1-2H3. The molecule has 1 unspecified atom stereocenters. The van der Waals surface area contributed by atoms with Crippen molar-refractivity contribution < 1.29 is 14.0 Å². The molecule has 0 bridgehead atoms. The molecule has 2 aromatic rings. The van der Waals surface area contributed by atoms with Gasteiger partial charge in [-0.05, 0) is 43.4 Å². The first-order chi connectivity index (χ1) is 12.5. The number of carbonyl (C=O) groups is 2. The maximum Gasteiger partial charge on any atom is 0.230 e. The summed E-state index contributed by atoms with van der Waals surface area (Å²) in [4.78, 5) is 29.2. The van der Waals surface area contributed by atoms with E-state index in [1.54, 1.807) is 6.26 Å². The van der Waals surface area contributed by atoms with Crippen molar-refractivity contribution in [2.24, 2.45) is 5.41 Å². The summed E-state index contributed by atoms with van der Waals surface area (Å²) in [6.45, 7) is 4.18. The number of hydrogen-bond donors (Lipinski definition) is 0. The lowest BCUT2D eigenvalue weighted by molar-refractivity contribution is -0.144. The van der Waals surface area contributed by atoms with E-state index in [4.69, 9.17) is 4.42 Å². The summed E-state index contributed by atoms with van der Waals surface area (Å²) in [5.74, 6) is 0.299. The Morgan fingerprint density at radius 1 is 1.27 bits per heavy atom. The average molecular weight is 354 g/mol. The number of nitrogens with zero attached hydrogens (tertiary/aromatic N) is 2. The van der Waals surface area contributed by atoms with Crippen molar-refractivity contribution in [2.45, 2.75) is 39.0 Å². The maximum atomic E-state index is 12.9. The van der Waals surface area contributed by atoms with Crippen LogP contribution in [0.25, 0.3) is 11.0 Å². The van der Waals surface area contributed by atoms with Gasteiger partial charge in [0.2, 0.25) is 11.8 Å². The van der Waals surface area contributed by atoms with Crippen molar-refractivity contribution in [1.82, 2.24) is 9.80 Å². The molecule has 0 N–H and O–H groups in total. The third kappa shape index (κ3) is 2.79. The van der Waals surface area contributed by atoms with Crippen molar-refractivity contribution in [3.63, 3.8) is 0 Å². The van der Waals surface area contributed by atoms with Gasteiger partial charge in [0.1, 0.15) is 5.58 Å². The Hall–Kier alpha value is -2.30. The topological polar surface area (TPSA) is 53.8 Å². The molecule has 1 atom stereocenters. The number of aryl methyl sites for hydroxylation is 1. The summed E-state index contributed by atoms with van der Waals surface area (Å²) in [6, 6.07) is 6.16. The highest BCUT2D eigenvalue weighted by Gasteiger charge is 2.48. The van der Waals surface area contributed by atoms with Gasteiger partial charge in [-0.3, -0.25) is 9.59 Å². The van der Waals surface area contributed by atoms with E-state index in [0.29, 0.717) is 19.5 Å². The molecule has 26 heavy (non-hydrogen) atoms. The molecule has 0 saturated carbocycles. The fourth-order valence-corrected chi connectivity index (χ4v) is 4.49. The number of carbonyl (C=O) groups excluding carboxylic acids is 2. The largest absolute Gasteiger partial charge is 0.464 e. The van der Waals surface area contributed by atoms with Crippen LogP contribution in [-0.2, 0) is 22.4 Å². The molecule has 2 aliphatic heterocycles. The zero-order valence-electron chi connectivity index (χ0n) is 15.6. The Labute approximate surface area is 153 Å². The lowest BCUT2D eigenvalue weighted by Gasteiger charge is -2.37. The first-order valence-corrected chi connectivity index (χ1v) is 9.55. The second kappa shape index (κ2) is 6.45. The molecule has 5 nitrogen and oxygen atoms in total. The predicted molar refractivity (Wildman–Crippen MR) is 99.8 cm³/mol. The fraction of sp³-hybridized carbons (Fsp3) is 0.524. The third-order valence-corrected chi connectivity index (χ3v) is 6.12.